The Morgan fingerprint density at radius 2 is 1.85 bits per heavy atom. The normalized spacial score (nSPS) is 16.7. The van der Waals surface area contributed by atoms with Gasteiger partial charge in [0.05, 0.1) is 6.04 Å². The van der Waals surface area contributed by atoms with Gasteiger partial charge in [-0.2, -0.15) is 4.98 Å². The summed E-state index contributed by atoms with van der Waals surface area (Å²) in [5, 5.41) is 6.98. The molecule has 0 saturated carbocycles. The van der Waals surface area contributed by atoms with Crippen molar-refractivity contribution in [3.05, 3.63) is 41.2 Å². The zero-order chi connectivity index (χ0) is 18.7. The van der Waals surface area contributed by atoms with Crippen LogP contribution in [-0.2, 0) is 4.79 Å². The number of anilines is 1. The molecule has 2 heterocycles. The average Bonchev–Trinajstić information content (AvgIpc) is 3.12. The average molecular weight is 356 g/mol. The summed E-state index contributed by atoms with van der Waals surface area (Å²) < 4.78 is 5.41. The molecule has 3 rings (SSSR count). The highest BCUT2D eigenvalue weighted by Crippen LogP contribution is 2.31. The number of carbonyl (C=O) groups excluding carboxylic acids is 1. The molecule has 0 aliphatic carbocycles. The Balaban J connectivity index is 1.58. The van der Waals surface area contributed by atoms with E-state index < -0.39 is 0 Å². The van der Waals surface area contributed by atoms with Crippen LogP contribution < -0.4 is 10.2 Å². The summed E-state index contributed by atoms with van der Waals surface area (Å²) in [5.41, 5.74) is 2.49. The van der Waals surface area contributed by atoms with Crippen LogP contribution in [0, 0.1) is 0 Å². The van der Waals surface area contributed by atoms with E-state index in [-0.39, 0.29) is 17.9 Å². The van der Waals surface area contributed by atoms with Crippen molar-refractivity contribution in [1.82, 2.24) is 15.5 Å². The Morgan fingerprint density at radius 3 is 2.38 bits per heavy atom. The van der Waals surface area contributed by atoms with Crippen LogP contribution in [0.4, 0.5) is 6.01 Å². The minimum atomic E-state index is -0.00408. The standard InChI is InChI=1S/C20H28N4O2/c1-13(2)19-22-20(26-23-19)24-11-9-18(10-12-24)17-7-5-16(6-8-17)14(3)21-15(4)25/h5-8,13-14,18H,9-12H2,1-4H3,(H,21,25). The number of hydrogen-bond donors (Lipinski definition) is 1. The van der Waals surface area contributed by atoms with Gasteiger partial charge in [-0.15, -0.1) is 0 Å². The van der Waals surface area contributed by atoms with Gasteiger partial charge in [-0.05, 0) is 36.8 Å². The lowest BCUT2D eigenvalue weighted by molar-refractivity contribution is -0.119. The lowest BCUT2D eigenvalue weighted by Gasteiger charge is -2.30. The fourth-order valence-corrected chi connectivity index (χ4v) is 3.44. The van der Waals surface area contributed by atoms with E-state index in [1.54, 1.807) is 6.92 Å². The largest absolute Gasteiger partial charge is 0.350 e. The van der Waals surface area contributed by atoms with Crippen molar-refractivity contribution in [2.24, 2.45) is 0 Å². The van der Waals surface area contributed by atoms with E-state index in [0.29, 0.717) is 11.9 Å². The summed E-state index contributed by atoms with van der Waals surface area (Å²) >= 11 is 0. The quantitative estimate of drug-likeness (QED) is 0.883. The van der Waals surface area contributed by atoms with Crippen LogP contribution in [0.2, 0.25) is 0 Å². The van der Waals surface area contributed by atoms with Crippen molar-refractivity contribution in [3.63, 3.8) is 0 Å². The van der Waals surface area contributed by atoms with Gasteiger partial charge >= 0.3 is 6.01 Å². The number of benzene rings is 1. The van der Waals surface area contributed by atoms with Crippen molar-refractivity contribution in [1.29, 1.82) is 0 Å². The first-order valence-corrected chi connectivity index (χ1v) is 9.39. The zero-order valence-electron chi connectivity index (χ0n) is 16.0. The fourth-order valence-electron chi connectivity index (χ4n) is 3.44. The summed E-state index contributed by atoms with van der Waals surface area (Å²) in [6.07, 6.45) is 2.14. The van der Waals surface area contributed by atoms with Gasteiger partial charge in [0, 0.05) is 25.9 Å². The maximum Gasteiger partial charge on any atom is 0.324 e. The monoisotopic (exact) mass is 356 g/mol. The first-order chi connectivity index (χ1) is 12.4. The van der Waals surface area contributed by atoms with Gasteiger partial charge in [0.25, 0.3) is 0 Å². The maximum atomic E-state index is 11.2. The molecule has 1 unspecified atom stereocenters. The molecule has 1 atom stereocenters. The second-order valence-electron chi connectivity index (χ2n) is 7.44. The second-order valence-corrected chi connectivity index (χ2v) is 7.44. The van der Waals surface area contributed by atoms with Crippen molar-refractivity contribution in [2.75, 3.05) is 18.0 Å². The Bertz CT molecular complexity index is 731. The first kappa shape index (κ1) is 18.4. The van der Waals surface area contributed by atoms with E-state index in [0.717, 1.165) is 37.3 Å². The highest BCUT2D eigenvalue weighted by atomic mass is 16.5. The molecule has 1 aliphatic heterocycles. The van der Waals surface area contributed by atoms with Gasteiger partial charge in [-0.3, -0.25) is 4.79 Å². The molecule has 0 spiro atoms. The molecule has 1 aliphatic rings. The summed E-state index contributed by atoms with van der Waals surface area (Å²) in [5.74, 6) is 1.59. The Labute approximate surface area is 155 Å². The predicted molar refractivity (Wildman–Crippen MR) is 101 cm³/mol. The molecule has 1 aromatic carbocycles. The smallest absolute Gasteiger partial charge is 0.324 e. The second kappa shape index (κ2) is 7.89. The Hall–Kier alpha value is -2.37. The number of amides is 1. The van der Waals surface area contributed by atoms with Crippen molar-refractivity contribution >= 4 is 11.9 Å². The van der Waals surface area contributed by atoms with E-state index in [9.17, 15) is 4.79 Å². The lowest BCUT2D eigenvalue weighted by atomic mass is 9.88. The van der Waals surface area contributed by atoms with Crippen LogP contribution in [0.1, 0.15) is 75.4 Å². The molecule has 26 heavy (non-hydrogen) atoms. The molecule has 6 heteroatoms. The topological polar surface area (TPSA) is 71.3 Å². The molecule has 1 aromatic heterocycles. The van der Waals surface area contributed by atoms with Crippen molar-refractivity contribution in [2.45, 2.75) is 58.4 Å². The fraction of sp³-hybridized carbons (Fsp3) is 0.550. The third-order valence-electron chi connectivity index (χ3n) is 5.04. The number of hydrogen-bond acceptors (Lipinski definition) is 5. The van der Waals surface area contributed by atoms with Crippen molar-refractivity contribution < 1.29 is 9.32 Å². The van der Waals surface area contributed by atoms with Gasteiger partial charge in [0.1, 0.15) is 0 Å². The first-order valence-electron chi connectivity index (χ1n) is 9.39. The molecule has 1 amide bonds. The van der Waals surface area contributed by atoms with E-state index in [2.05, 4.69) is 58.5 Å². The van der Waals surface area contributed by atoms with Crippen LogP contribution >= 0.6 is 0 Å². The van der Waals surface area contributed by atoms with Crippen LogP contribution in [-0.4, -0.2) is 29.1 Å². The van der Waals surface area contributed by atoms with Crippen LogP contribution in [0.5, 0.6) is 0 Å². The lowest BCUT2D eigenvalue weighted by Crippen LogP contribution is -2.33. The third-order valence-corrected chi connectivity index (χ3v) is 5.04. The van der Waals surface area contributed by atoms with E-state index in [1.165, 1.54) is 5.56 Å². The zero-order valence-corrected chi connectivity index (χ0v) is 16.0. The highest BCUT2D eigenvalue weighted by Gasteiger charge is 2.24. The minimum Gasteiger partial charge on any atom is -0.350 e. The van der Waals surface area contributed by atoms with Gasteiger partial charge < -0.3 is 14.7 Å². The number of nitrogens with one attached hydrogen (secondary N) is 1. The molecule has 6 nitrogen and oxygen atoms in total. The number of carbonyl (C=O) groups is 1. The van der Waals surface area contributed by atoms with Crippen LogP contribution in [0.3, 0.4) is 0 Å². The maximum absolute atomic E-state index is 11.2. The summed E-state index contributed by atoms with van der Waals surface area (Å²) in [6, 6.07) is 9.31. The Morgan fingerprint density at radius 1 is 1.19 bits per heavy atom. The molecule has 0 bridgehead atoms. The summed E-state index contributed by atoms with van der Waals surface area (Å²) in [6.45, 7) is 9.54. The van der Waals surface area contributed by atoms with Crippen molar-refractivity contribution in [3.8, 4) is 0 Å². The number of nitrogens with zero attached hydrogens (tertiary/aromatic N) is 3. The summed E-state index contributed by atoms with van der Waals surface area (Å²) in [7, 11) is 0. The predicted octanol–water partition coefficient (Wildman–Crippen LogP) is 3.77. The number of aromatic nitrogens is 2. The Kier molecular flexibility index (Phi) is 5.59. The molecule has 1 saturated heterocycles. The molecular formula is C20H28N4O2. The summed E-state index contributed by atoms with van der Waals surface area (Å²) in [4.78, 5) is 17.9. The number of rotatable bonds is 5. The van der Waals surface area contributed by atoms with E-state index >= 15 is 0 Å². The van der Waals surface area contributed by atoms with E-state index in [4.69, 9.17) is 4.52 Å². The molecule has 1 fully saturated rings. The molecular weight excluding hydrogens is 328 g/mol. The highest BCUT2D eigenvalue weighted by molar-refractivity contribution is 5.73. The van der Waals surface area contributed by atoms with Gasteiger partial charge in [-0.1, -0.05) is 43.3 Å². The molecule has 2 aromatic rings. The SMILES string of the molecule is CC(=O)NC(C)c1ccc(C2CCN(c3nc(C(C)C)no3)CC2)cc1. The molecule has 0 radical (unpaired) electrons. The number of piperidine rings is 1. The van der Waals surface area contributed by atoms with Gasteiger partial charge in [0.15, 0.2) is 5.82 Å². The van der Waals surface area contributed by atoms with Gasteiger partial charge in [-0.25, -0.2) is 0 Å². The molecule has 140 valence electrons. The third kappa shape index (κ3) is 4.23. The van der Waals surface area contributed by atoms with Gasteiger partial charge in [0.2, 0.25) is 5.91 Å². The van der Waals surface area contributed by atoms with E-state index in [1.807, 2.05) is 6.92 Å². The van der Waals surface area contributed by atoms with Crippen LogP contribution in [0.15, 0.2) is 28.8 Å². The minimum absolute atomic E-state index is 0.00408. The molecule has 1 N–H and O–H groups in total. The van der Waals surface area contributed by atoms with Crippen LogP contribution in [0.25, 0.3) is 0 Å².